The van der Waals surface area contributed by atoms with Crippen molar-refractivity contribution in [2.45, 2.75) is 19.6 Å². The van der Waals surface area contributed by atoms with Gasteiger partial charge in [0.05, 0.1) is 7.11 Å². The fourth-order valence-corrected chi connectivity index (χ4v) is 2.94. The molecule has 1 aromatic heterocycles. The number of para-hydroxylation sites is 1. The van der Waals surface area contributed by atoms with Crippen LogP contribution in [0.1, 0.15) is 11.1 Å². The standard InChI is InChI=1S/C22H26N6O2.HI/c1-23-22(25-15-18-8-3-4-10-20(18)30-2)24-14-17-7-5-9-19(13-17)27-21(29)16-28-12-6-11-26-28;/h3-13H,14-16H2,1-2H3,(H,27,29)(H2,23,24,25);1H. The predicted molar refractivity (Wildman–Crippen MR) is 133 cm³/mol. The van der Waals surface area contributed by atoms with E-state index in [1.807, 2.05) is 48.5 Å². The van der Waals surface area contributed by atoms with Gasteiger partial charge in [-0.3, -0.25) is 14.5 Å². The minimum atomic E-state index is -0.127. The first-order valence-electron chi connectivity index (χ1n) is 9.60. The fourth-order valence-electron chi connectivity index (χ4n) is 2.94. The van der Waals surface area contributed by atoms with E-state index in [0.717, 1.165) is 22.6 Å². The number of benzene rings is 2. The minimum absolute atomic E-state index is 0. The molecule has 3 N–H and O–H groups in total. The number of aliphatic imine (C=N–C) groups is 1. The van der Waals surface area contributed by atoms with E-state index >= 15 is 0 Å². The number of nitrogens with zero attached hydrogens (tertiary/aromatic N) is 3. The Morgan fingerprint density at radius 1 is 1.10 bits per heavy atom. The van der Waals surface area contributed by atoms with Gasteiger partial charge in [0.25, 0.3) is 0 Å². The number of amides is 1. The molecule has 0 fully saturated rings. The van der Waals surface area contributed by atoms with Gasteiger partial charge >= 0.3 is 0 Å². The highest BCUT2D eigenvalue weighted by molar-refractivity contribution is 14.0. The van der Waals surface area contributed by atoms with E-state index in [2.05, 4.69) is 26.0 Å². The highest BCUT2D eigenvalue weighted by Crippen LogP contribution is 2.16. The fraction of sp³-hybridized carbons (Fsp3) is 0.227. The molecule has 3 rings (SSSR count). The van der Waals surface area contributed by atoms with Gasteiger partial charge < -0.3 is 20.7 Å². The number of aromatic nitrogens is 2. The summed E-state index contributed by atoms with van der Waals surface area (Å²) in [7, 11) is 3.39. The largest absolute Gasteiger partial charge is 0.496 e. The summed E-state index contributed by atoms with van der Waals surface area (Å²) >= 11 is 0. The summed E-state index contributed by atoms with van der Waals surface area (Å²) in [5.41, 5.74) is 2.81. The zero-order valence-corrected chi connectivity index (χ0v) is 19.9. The molecule has 8 nitrogen and oxygen atoms in total. The maximum Gasteiger partial charge on any atom is 0.246 e. The van der Waals surface area contributed by atoms with Crippen LogP contribution in [0.4, 0.5) is 5.69 Å². The number of ether oxygens (including phenoxy) is 1. The summed E-state index contributed by atoms with van der Waals surface area (Å²) in [5, 5.41) is 13.5. The van der Waals surface area contributed by atoms with Gasteiger partial charge in [-0.25, -0.2) is 0 Å². The Kier molecular flexibility index (Phi) is 9.82. The lowest BCUT2D eigenvalue weighted by atomic mass is 10.2. The van der Waals surface area contributed by atoms with Crippen LogP contribution in [0.15, 0.2) is 72.0 Å². The van der Waals surface area contributed by atoms with Gasteiger partial charge in [-0.1, -0.05) is 30.3 Å². The Hall–Kier alpha value is -3.08. The molecule has 1 heterocycles. The second-order valence-electron chi connectivity index (χ2n) is 6.54. The van der Waals surface area contributed by atoms with Gasteiger partial charge in [0, 0.05) is 43.8 Å². The lowest BCUT2D eigenvalue weighted by molar-refractivity contribution is -0.116. The molecular weight excluding hydrogens is 507 g/mol. The molecule has 0 radical (unpaired) electrons. The lowest BCUT2D eigenvalue weighted by Gasteiger charge is -2.14. The van der Waals surface area contributed by atoms with Crippen LogP contribution in [-0.2, 0) is 24.4 Å². The van der Waals surface area contributed by atoms with Crippen molar-refractivity contribution >= 4 is 41.5 Å². The number of rotatable bonds is 8. The summed E-state index contributed by atoms with van der Waals surface area (Å²) in [6.07, 6.45) is 3.40. The molecule has 3 aromatic rings. The topological polar surface area (TPSA) is 92.6 Å². The molecule has 164 valence electrons. The second kappa shape index (κ2) is 12.6. The Morgan fingerprint density at radius 2 is 1.90 bits per heavy atom. The normalized spacial score (nSPS) is 10.7. The van der Waals surface area contributed by atoms with Gasteiger partial charge in [-0.15, -0.1) is 24.0 Å². The molecular formula is C22H27IN6O2. The number of hydrogen-bond donors (Lipinski definition) is 3. The summed E-state index contributed by atoms with van der Waals surface area (Å²) in [5.74, 6) is 1.38. The van der Waals surface area contributed by atoms with Crippen molar-refractivity contribution in [1.82, 2.24) is 20.4 Å². The third-order valence-electron chi connectivity index (χ3n) is 4.40. The molecule has 31 heavy (non-hydrogen) atoms. The molecule has 0 saturated heterocycles. The minimum Gasteiger partial charge on any atom is -0.496 e. The van der Waals surface area contributed by atoms with Crippen LogP contribution in [0.3, 0.4) is 0 Å². The van der Waals surface area contributed by atoms with E-state index < -0.39 is 0 Å². The van der Waals surface area contributed by atoms with Gasteiger partial charge in [0.1, 0.15) is 12.3 Å². The summed E-state index contributed by atoms with van der Waals surface area (Å²) in [6.45, 7) is 1.33. The molecule has 0 atom stereocenters. The monoisotopic (exact) mass is 534 g/mol. The Labute approximate surface area is 199 Å². The van der Waals surface area contributed by atoms with Crippen LogP contribution >= 0.6 is 24.0 Å². The van der Waals surface area contributed by atoms with E-state index in [0.29, 0.717) is 19.0 Å². The third kappa shape index (κ3) is 7.59. The number of carbonyl (C=O) groups excluding carboxylic acids is 1. The quantitative estimate of drug-likeness (QED) is 0.235. The van der Waals surface area contributed by atoms with Crippen LogP contribution in [0.5, 0.6) is 5.75 Å². The van der Waals surface area contributed by atoms with E-state index in [9.17, 15) is 4.79 Å². The number of methoxy groups -OCH3 is 1. The number of anilines is 1. The van der Waals surface area contributed by atoms with Crippen LogP contribution in [0.2, 0.25) is 0 Å². The molecule has 0 saturated carbocycles. The van der Waals surface area contributed by atoms with Crippen LogP contribution in [0.25, 0.3) is 0 Å². The Balaban J connectivity index is 0.00000341. The van der Waals surface area contributed by atoms with Crippen molar-refractivity contribution in [2.24, 2.45) is 4.99 Å². The van der Waals surface area contributed by atoms with E-state index in [4.69, 9.17) is 4.74 Å². The molecule has 2 aromatic carbocycles. The predicted octanol–water partition coefficient (Wildman–Crippen LogP) is 3.01. The van der Waals surface area contributed by atoms with E-state index in [1.165, 1.54) is 0 Å². The summed E-state index contributed by atoms with van der Waals surface area (Å²) < 4.78 is 6.96. The average molecular weight is 534 g/mol. The SMILES string of the molecule is CN=C(NCc1cccc(NC(=O)Cn2cccn2)c1)NCc1ccccc1OC.I. The van der Waals surface area contributed by atoms with Crippen molar-refractivity contribution in [2.75, 3.05) is 19.5 Å². The van der Waals surface area contributed by atoms with E-state index in [-0.39, 0.29) is 36.4 Å². The van der Waals surface area contributed by atoms with Gasteiger partial charge in [0.15, 0.2) is 5.96 Å². The zero-order chi connectivity index (χ0) is 21.2. The van der Waals surface area contributed by atoms with Crippen molar-refractivity contribution in [3.63, 3.8) is 0 Å². The van der Waals surface area contributed by atoms with Crippen molar-refractivity contribution in [3.05, 3.63) is 78.1 Å². The first-order valence-corrected chi connectivity index (χ1v) is 9.60. The maximum absolute atomic E-state index is 12.1. The molecule has 9 heteroatoms. The highest BCUT2D eigenvalue weighted by Gasteiger charge is 2.06. The number of halogens is 1. The molecule has 0 spiro atoms. The van der Waals surface area contributed by atoms with Crippen molar-refractivity contribution in [3.8, 4) is 5.75 Å². The summed E-state index contributed by atoms with van der Waals surface area (Å²) in [4.78, 5) is 16.4. The highest BCUT2D eigenvalue weighted by atomic mass is 127. The third-order valence-corrected chi connectivity index (χ3v) is 4.40. The van der Waals surface area contributed by atoms with Crippen molar-refractivity contribution < 1.29 is 9.53 Å². The maximum atomic E-state index is 12.1. The van der Waals surface area contributed by atoms with Gasteiger partial charge in [0.2, 0.25) is 5.91 Å². The average Bonchev–Trinajstić information content (AvgIpc) is 3.27. The van der Waals surface area contributed by atoms with Gasteiger partial charge in [-0.05, 0) is 29.8 Å². The number of guanidine groups is 1. The Morgan fingerprint density at radius 3 is 2.65 bits per heavy atom. The molecule has 0 bridgehead atoms. The summed E-state index contributed by atoms with van der Waals surface area (Å²) in [6, 6.07) is 17.3. The lowest BCUT2D eigenvalue weighted by Crippen LogP contribution is -2.36. The Bertz CT molecular complexity index is 991. The van der Waals surface area contributed by atoms with Crippen LogP contribution in [0, 0.1) is 0 Å². The number of nitrogens with one attached hydrogen (secondary N) is 3. The molecule has 0 aliphatic carbocycles. The van der Waals surface area contributed by atoms with Crippen LogP contribution < -0.4 is 20.7 Å². The van der Waals surface area contributed by atoms with E-state index in [1.54, 1.807) is 37.3 Å². The first kappa shape index (κ1) is 24.2. The molecule has 0 aliphatic heterocycles. The van der Waals surface area contributed by atoms with Gasteiger partial charge in [-0.2, -0.15) is 5.10 Å². The molecule has 0 unspecified atom stereocenters. The first-order chi connectivity index (χ1) is 14.7. The van der Waals surface area contributed by atoms with Crippen molar-refractivity contribution in [1.29, 1.82) is 0 Å². The van der Waals surface area contributed by atoms with Crippen LogP contribution in [-0.4, -0.2) is 35.8 Å². The number of hydrogen-bond acceptors (Lipinski definition) is 4. The molecule has 1 amide bonds. The second-order valence-corrected chi connectivity index (χ2v) is 6.54. The molecule has 0 aliphatic rings. The smallest absolute Gasteiger partial charge is 0.246 e. The zero-order valence-electron chi connectivity index (χ0n) is 17.5. The number of carbonyl (C=O) groups is 1.